The molecule has 15 nitrogen and oxygen atoms in total. The Morgan fingerprint density at radius 3 is 2.46 bits per heavy atom. The number of esters is 2. The Bertz CT molecular complexity index is 2040. The number of fused-ring (bicyclic) bond motifs is 6. The van der Waals surface area contributed by atoms with E-state index < -0.39 is 95.8 Å². The molecule has 328 valence electrons. The summed E-state index contributed by atoms with van der Waals surface area (Å²) in [6.07, 6.45) is 4.42. The predicted octanol–water partition coefficient (Wildman–Crippen LogP) is 2.81. The standard InChI is InChI=1S/C46H57N3O12/c1-25(51)36(41(53)47-31(24-50)15-17-35(52)58-44(2,3)4)48-43(55)46-22-34-37-38(60-45(59-37)20-29-10-5-6-11-30(29)21-45)40(46)61-49(39(46)42(54)57-34)23-28-9-7-8-26(18-28)12-13-27-14-16-32-33(19-27)56-32/h5-13,18,25,27,31-34,36-40,50-51H,14-17,19-24H2,1-4H3,(H,47,53)(H,48,55). The monoisotopic (exact) mass is 843 g/mol. The average Bonchev–Trinajstić information content (AvgIpc) is 3.56. The number of ether oxygens (including phenoxy) is 5. The molecule has 6 fully saturated rings. The lowest BCUT2D eigenvalue weighted by molar-refractivity contribution is -0.217. The van der Waals surface area contributed by atoms with E-state index >= 15 is 4.79 Å². The van der Waals surface area contributed by atoms with E-state index in [0.717, 1.165) is 41.5 Å². The first-order valence-corrected chi connectivity index (χ1v) is 21.7. The highest BCUT2D eigenvalue weighted by Gasteiger charge is 2.76. The number of epoxide rings is 1. The van der Waals surface area contributed by atoms with E-state index in [-0.39, 0.29) is 25.8 Å². The van der Waals surface area contributed by atoms with Gasteiger partial charge in [-0.2, -0.15) is 5.06 Å². The first-order chi connectivity index (χ1) is 29.1. The lowest BCUT2D eigenvalue weighted by Gasteiger charge is -2.49. The molecule has 0 radical (unpaired) electrons. The van der Waals surface area contributed by atoms with Gasteiger partial charge in [-0.3, -0.25) is 24.0 Å². The van der Waals surface area contributed by atoms with Crippen LogP contribution in [0.3, 0.4) is 0 Å². The molecule has 4 N–H and O–H groups in total. The molecular weight excluding hydrogens is 787 g/mol. The van der Waals surface area contributed by atoms with Crippen molar-refractivity contribution in [1.82, 2.24) is 15.7 Å². The number of nitrogens with one attached hydrogen (secondary N) is 2. The minimum absolute atomic E-state index is 0.0169. The summed E-state index contributed by atoms with van der Waals surface area (Å²) in [6, 6.07) is 12.3. The van der Waals surface area contributed by atoms with E-state index in [1.165, 1.54) is 12.0 Å². The van der Waals surface area contributed by atoms with Crippen molar-refractivity contribution in [3.63, 3.8) is 0 Å². The van der Waals surface area contributed by atoms with Crippen molar-refractivity contribution in [3.05, 3.63) is 76.9 Å². The van der Waals surface area contributed by atoms with Crippen LogP contribution in [0.1, 0.15) is 88.5 Å². The molecule has 4 saturated heterocycles. The summed E-state index contributed by atoms with van der Waals surface area (Å²) < 4.78 is 30.9. The molecule has 3 aliphatic carbocycles. The molecule has 1 spiro atoms. The molecule has 0 aromatic heterocycles. The fraction of sp³-hybridized carbons (Fsp3) is 0.609. The molecule has 4 heterocycles. The van der Waals surface area contributed by atoms with Gasteiger partial charge in [0.05, 0.1) is 37.5 Å². The van der Waals surface area contributed by atoms with Gasteiger partial charge < -0.3 is 44.5 Å². The van der Waals surface area contributed by atoms with E-state index in [1.54, 1.807) is 20.8 Å². The Morgan fingerprint density at radius 1 is 1.00 bits per heavy atom. The van der Waals surface area contributed by atoms with E-state index in [2.05, 4.69) is 22.8 Å². The zero-order chi connectivity index (χ0) is 42.8. The highest BCUT2D eigenvalue weighted by Crippen LogP contribution is 2.58. The fourth-order valence-electron chi connectivity index (χ4n) is 10.5. The molecule has 4 aliphatic heterocycles. The third kappa shape index (κ3) is 8.26. The van der Waals surface area contributed by atoms with Crippen LogP contribution in [0.2, 0.25) is 0 Å². The van der Waals surface area contributed by atoms with Gasteiger partial charge in [0.1, 0.15) is 41.5 Å². The number of carbonyl (C=O) groups excluding carboxylic acids is 4. The minimum Gasteiger partial charge on any atom is -0.460 e. The maximum atomic E-state index is 15.1. The Hall–Kier alpha value is -4.22. The third-order valence-electron chi connectivity index (χ3n) is 13.3. The highest BCUT2D eigenvalue weighted by molar-refractivity contribution is 5.96. The van der Waals surface area contributed by atoms with Crippen LogP contribution in [-0.2, 0) is 67.1 Å². The fourth-order valence-corrected chi connectivity index (χ4v) is 10.5. The normalized spacial score (nSPS) is 33.2. The van der Waals surface area contributed by atoms with Crippen molar-refractivity contribution in [2.24, 2.45) is 11.3 Å². The second-order valence-electron chi connectivity index (χ2n) is 19.0. The molecule has 2 aromatic rings. The van der Waals surface area contributed by atoms with Crippen LogP contribution in [0.25, 0.3) is 6.08 Å². The first kappa shape index (κ1) is 42.1. The van der Waals surface area contributed by atoms with Crippen molar-refractivity contribution in [1.29, 1.82) is 0 Å². The number of allylic oxidation sites excluding steroid dienone is 1. The van der Waals surface area contributed by atoms with E-state index in [9.17, 15) is 24.6 Å². The maximum absolute atomic E-state index is 15.1. The molecular formula is C46H57N3O12. The largest absolute Gasteiger partial charge is 0.460 e. The number of rotatable bonds is 13. The van der Waals surface area contributed by atoms with Gasteiger partial charge in [0.15, 0.2) is 11.8 Å². The van der Waals surface area contributed by atoms with Gasteiger partial charge in [-0.1, -0.05) is 60.7 Å². The maximum Gasteiger partial charge on any atom is 0.327 e. The summed E-state index contributed by atoms with van der Waals surface area (Å²) in [5, 5.41) is 28.1. The number of carbonyl (C=O) groups is 4. The lowest BCUT2D eigenvalue weighted by Crippen LogP contribution is -2.71. The number of hydroxylamine groups is 2. The van der Waals surface area contributed by atoms with Crippen molar-refractivity contribution < 1.29 is 57.9 Å². The van der Waals surface area contributed by atoms with Crippen LogP contribution in [0.5, 0.6) is 0 Å². The summed E-state index contributed by atoms with van der Waals surface area (Å²) in [5.74, 6) is -3.24. The van der Waals surface area contributed by atoms with Crippen molar-refractivity contribution >= 4 is 29.8 Å². The Labute approximate surface area is 355 Å². The number of aliphatic hydroxyl groups is 2. The van der Waals surface area contributed by atoms with Crippen LogP contribution in [0, 0.1) is 11.3 Å². The van der Waals surface area contributed by atoms with Crippen molar-refractivity contribution in [3.8, 4) is 0 Å². The number of amides is 2. The van der Waals surface area contributed by atoms with Crippen LogP contribution in [-0.4, -0.2) is 118 Å². The van der Waals surface area contributed by atoms with Gasteiger partial charge in [0.25, 0.3) is 0 Å². The van der Waals surface area contributed by atoms with Gasteiger partial charge in [-0.25, -0.2) is 0 Å². The van der Waals surface area contributed by atoms with Crippen molar-refractivity contribution in [2.45, 2.75) is 158 Å². The summed E-state index contributed by atoms with van der Waals surface area (Å²) in [6.45, 7) is 6.22. The Balaban J connectivity index is 0.979. The lowest BCUT2D eigenvalue weighted by atomic mass is 9.62. The molecule has 2 amide bonds. The molecule has 12 unspecified atom stereocenters. The third-order valence-corrected chi connectivity index (χ3v) is 13.3. The van der Waals surface area contributed by atoms with Crippen LogP contribution < -0.4 is 10.6 Å². The molecule has 7 aliphatic rings. The SMILES string of the molecule is CC(O)C(NC(=O)C12CC3OC(=O)C1N(Cc1cccc(C=CC4CCC5OC5C4)c1)OC2C1OC2(Cc4ccccc4C2)OC31)C(=O)NC(CO)CCC(=O)OC(C)(C)C. The molecule has 2 saturated carbocycles. The van der Waals surface area contributed by atoms with Gasteiger partial charge in [-0.05, 0) is 81.5 Å². The molecule has 2 aromatic carbocycles. The number of benzene rings is 2. The highest BCUT2D eigenvalue weighted by atomic mass is 16.8. The number of aliphatic hydroxyl groups excluding tert-OH is 2. The smallest absolute Gasteiger partial charge is 0.327 e. The van der Waals surface area contributed by atoms with Gasteiger partial charge >= 0.3 is 11.9 Å². The van der Waals surface area contributed by atoms with Crippen LogP contribution in [0.15, 0.2) is 54.6 Å². The van der Waals surface area contributed by atoms with E-state index in [4.69, 9.17) is 28.5 Å². The second-order valence-corrected chi connectivity index (χ2v) is 19.0. The van der Waals surface area contributed by atoms with Crippen molar-refractivity contribution in [2.75, 3.05) is 6.61 Å². The van der Waals surface area contributed by atoms with Crippen LogP contribution in [0.4, 0.5) is 0 Å². The van der Waals surface area contributed by atoms with E-state index in [1.807, 2.05) is 48.5 Å². The van der Waals surface area contributed by atoms with Gasteiger partial charge in [0, 0.05) is 25.7 Å². The number of nitrogens with zero attached hydrogens (tertiary/aromatic N) is 1. The molecule has 2 bridgehead atoms. The van der Waals surface area contributed by atoms with E-state index in [0.29, 0.717) is 31.0 Å². The first-order valence-electron chi connectivity index (χ1n) is 21.7. The Morgan fingerprint density at radius 2 is 1.75 bits per heavy atom. The van der Waals surface area contributed by atoms with Gasteiger partial charge in [0.2, 0.25) is 11.8 Å². The Kier molecular flexibility index (Phi) is 11.2. The minimum atomic E-state index is -1.62. The molecule has 15 heteroatoms. The predicted molar refractivity (Wildman–Crippen MR) is 217 cm³/mol. The summed E-state index contributed by atoms with van der Waals surface area (Å²) in [7, 11) is 0. The zero-order valence-corrected chi connectivity index (χ0v) is 35.1. The number of hydrogen-bond donors (Lipinski definition) is 4. The molecule has 61 heavy (non-hydrogen) atoms. The number of hydrogen-bond acceptors (Lipinski definition) is 13. The second kappa shape index (κ2) is 16.2. The summed E-state index contributed by atoms with van der Waals surface area (Å²) in [5.41, 5.74) is 1.67. The topological polar surface area (TPSA) is 195 Å². The van der Waals surface area contributed by atoms with Crippen LogP contribution >= 0.6 is 0 Å². The van der Waals surface area contributed by atoms with Gasteiger partial charge in [-0.15, -0.1) is 0 Å². The quantitative estimate of drug-likeness (QED) is 0.170. The molecule has 12 atom stereocenters. The zero-order valence-electron chi connectivity index (χ0n) is 35.1. The summed E-state index contributed by atoms with van der Waals surface area (Å²) >= 11 is 0. The molecule has 9 rings (SSSR count). The average molecular weight is 844 g/mol. The summed E-state index contributed by atoms with van der Waals surface area (Å²) in [4.78, 5) is 62.5.